The lowest BCUT2D eigenvalue weighted by Gasteiger charge is -2.42. The molecule has 2 aliphatic rings. The molecule has 1 saturated heterocycles. The molecular formula is C26H30N8O3. The lowest BCUT2D eigenvalue weighted by molar-refractivity contribution is -0.131. The van der Waals surface area contributed by atoms with E-state index in [2.05, 4.69) is 20.4 Å². The first kappa shape index (κ1) is 24.6. The van der Waals surface area contributed by atoms with Gasteiger partial charge in [0, 0.05) is 44.4 Å². The molecule has 2 fully saturated rings. The zero-order valence-corrected chi connectivity index (χ0v) is 20.7. The van der Waals surface area contributed by atoms with Gasteiger partial charge in [0.15, 0.2) is 0 Å². The van der Waals surface area contributed by atoms with E-state index in [4.69, 9.17) is 15.9 Å². The maximum absolute atomic E-state index is 12.9. The number of carbonyl (C=O) groups is 2. The maximum Gasteiger partial charge on any atom is 0.259 e. The van der Waals surface area contributed by atoms with E-state index in [1.165, 1.54) is 10.9 Å². The Balaban J connectivity index is 1.22. The Bertz CT molecular complexity index is 1300. The number of nitrogen functional groups attached to an aromatic ring is 1. The van der Waals surface area contributed by atoms with Gasteiger partial charge in [-0.3, -0.25) is 19.7 Å². The number of nitrogens with zero attached hydrogens (tertiary/aromatic N) is 5. The molecule has 11 nitrogen and oxygen atoms in total. The predicted molar refractivity (Wildman–Crippen MR) is 137 cm³/mol. The first-order valence-corrected chi connectivity index (χ1v) is 12.3. The summed E-state index contributed by atoms with van der Waals surface area (Å²) >= 11 is 0. The summed E-state index contributed by atoms with van der Waals surface area (Å²) in [4.78, 5) is 35.3. The van der Waals surface area contributed by atoms with Crippen molar-refractivity contribution in [1.29, 1.82) is 5.41 Å². The van der Waals surface area contributed by atoms with Gasteiger partial charge in [0.25, 0.3) is 5.91 Å². The third-order valence-electron chi connectivity index (χ3n) is 7.39. The normalized spacial score (nSPS) is 18.3. The fraction of sp³-hybridized carbons (Fsp3) is 0.385. The Labute approximate surface area is 214 Å². The van der Waals surface area contributed by atoms with Gasteiger partial charge >= 0.3 is 0 Å². The molecule has 192 valence electrons. The number of likely N-dealkylation sites (tertiary alicyclic amines) is 1. The third-order valence-corrected chi connectivity index (χ3v) is 7.39. The van der Waals surface area contributed by atoms with Crippen molar-refractivity contribution in [1.82, 2.24) is 30.0 Å². The lowest BCUT2D eigenvalue weighted by atomic mass is 9.63. The van der Waals surface area contributed by atoms with Gasteiger partial charge in [0.1, 0.15) is 12.4 Å². The Morgan fingerprint density at radius 1 is 1.16 bits per heavy atom. The molecule has 1 aliphatic heterocycles. The number of carbonyl (C=O) groups excluding carboxylic acids is 2. The van der Waals surface area contributed by atoms with E-state index >= 15 is 0 Å². The molecule has 1 saturated carbocycles. The largest absolute Gasteiger partial charge is 0.380 e. The minimum absolute atomic E-state index is 0.0521. The molecule has 1 atom stereocenters. The van der Waals surface area contributed by atoms with Crippen LogP contribution in [0.2, 0.25) is 0 Å². The summed E-state index contributed by atoms with van der Waals surface area (Å²) in [6, 6.07) is 7.91. The van der Waals surface area contributed by atoms with E-state index in [-0.39, 0.29) is 30.3 Å². The number of benzene rings is 1. The summed E-state index contributed by atoms with van der Waals surface area (Å²) in [6.45, 7) is 1.27. The maximum atomic E-state index is 12.9. The Morgan fingerprint density at radius 2 is 1.89 bits per heavy atom. The zero-order valence-electron chi connectivity index (χ0n) is 20.7. The minimum atomic E-state index is -0.536. The number of anilines is 1. The van der Waals surface area contributed by atoms with Crippen LogP contribution in [0.25, 0.3) is 11.1 Å². The van der Waals surface area contributed by atoms with Crippen molar-refractivity contribution in [3.05, 3.63) is 60.2 Å². The monoisotopic (exact) mass is 502 g/mol. The van der Waals surface area contributed by atoms with Crippen molar-refractivity contribution < 1.29 is 14.3 Å². The van der Waals surface area contributed by atoms with Crippen LogP contribution in [0.15, 0.2) is 49.1 Å². The number of rotatable bonds is 7. The molecule has 1 aliphatic carbocycles. The first-order valence-electron chi connectivity index (χ1n) is 12.3. The number of amidine groups is 1. The minimum Gasteiger partial charge on any atom is -0.380 e. The van der Waals surface area contributed by atoms with Crippen LogP contribution < -0.4 is 11.1 Å². The van der Waals surface area contributed by atoms with Crippen LogP contribution >= 0.6 is 0 Å². The van der Waals surface area contributed by atoms with E-state index in [1.807, 2.05) is 24.3 Å². The quantitative estimate of drug-likeness (QED) is 0.330. The number of nitrogens with one attached hydrogen (secondary N) is 2. The molecule has 3 heterocycles. The number of aromatic nitrogens is 4. The van der Waals surface area contributed by atoms with E-state index < -0.39 is 11.3 Å². The number of hydrogen-bond donors (Lipinski definition) is 3. The van der Waals surface area contributed by atoms with Crippen LogP contribution in [0.5, 0.6) is 0 Å². The highest BCUT2D eigenvalue weighted by Crippen LogP contribution is 2.44. The van der Waals surface area contributed by atoms with Crippen LogP contribution in [0.1, 0.15) is 41.6 Å². The van der Waals surface area contributed by atoms with Crippen LogP contribution in [0, 0.1) is 5.41 Å². The zero-order chi connectivity index (χ0) is 26.0. The van der Waals surface area contributed by atoms with E-state index in [9.17, 15) is 9.59 Å². The molecule has 0 spiro atoms. The van der Waals surface area contributed by atoms with E-state index in [0.29, 0.717) is 18.7 Å². The molecule has 4 N–H and O–H groups in total. The summed E-state index contributed by atoms with van der Waals surface area (Å²) in [5.41, 5.74) is 8.12. The summed E-state index contributed by atoms with van der Waals surface area (Å²) in [7, 11) is 1.65. The Hall–Kier alpha value is -4.12. The standard InChI is InChI=1S/C26H30N8O3/c1-37-21-7-10-33(15-21)22(35)16-34-14-19(13-31-34)23(36)32-24(27)26(8-2-9-26)20-5-3-17(4-6-20)18-11-29-25(28)30-12-18/h3-6,11-14,21H,2,7-10,15-16H2,1H3,(H2,27,32,36)(H2,28,29,30)/t21-/m0/s1. The molecular weight excluding hydrogens is 472 g/mol. The average molecular weight is 503 g/mol. The van der Waals surface area contributed by atoms with Crippen LogP contribution in [-0.4, -0.2) is 68.6 Å². The number of amides is 2. The topological polar surface area (TPSA) is 152 Å². The van der Waals surface area contributed by atoms with Crippen molar-refractivity contribution in [3.63, 3.8) is 0 Å². The fourth-order valence-electron chi connectivity index (χ4n) is 4.94. The van der Waals surface area contributed by atoms with Gasteiger partial charge in [0.2, 0.25) is 11.9 Å². The summed E-state index contributed by atoms with van der Waals surface area (Å²) in [5.74, 6) is -0.0864. The molecule has 2 aromatic heterocycles. The second-order valence-electron chi connectivity index (χ2n) is 9.58. The summed E-state index contributed by atoms with van der Waals surface area (Å²) in [6.07, 6.45) is 9.74. The molecule has 0 unspecified atom stereocenters. The van der Waals surface area contributed by atoms with Gasteiger partial charge < -0.3 is 20.7 Å². The van der Waals surface area contributed by atoms with Gasteiger partial charge in [-0.1, -0.05) is 30.7 Å². The van der Waals surface area contributed by atoms with Crippen LogP contribution in [0.3, 0.4) is 0 Å². The number of hydrogen-bond acceptors (Lipinski definition) is 8. The van der Waals surface area contributed by atoms with Gasteiger partial charge in [0.05, 0.1) is 23.3 Å². The van der Waals surface area contributed by atoms with Gasteiger partial charge in [-0.25, -0.2) is 9.97 Å². The average Bonchev–Trinajstić information content (AvgIpc) is 3.54. The van der Waals surface area contributed by atoms with Gasteiger partial charge in [-0.2, -0.15) is 5.10 Å². The molecule has 37 heavy (non-hydrogen) atoms. The Kier molecular flexibility index (Phi) is 6.70. The number of methoxy groups -OCH3 is 1. The molecule has 5 rings (SSSR count). The third kappa shape index (κ3) is 4.94. The second-order valence-corrected chi connectivity index (χ2v) is 9.58. The van der Waals surface area contributed by atoms with E-state index in [0.717, 1.165) is 42.4 Å². The summed E-state index contributed by atoms with van der Waals surface area (Å²) < 4.78 is 6.78. The van der Waals surface area contributed by atoms with Gasteiger partial charge in [-0.15, -0.1) is 0 Å². The molecule has 0 radical (unpaired) electrons. The highest BCUT2D eigenvalue weighted by atomic mass is 16.5. The molecule has 2 amide bonds. The predicted octanol–water partition coefficient (Wildman–Crippen LogP) is 2.00. The molecule has 0 bridgehead atoms. The fourth-order valence-corrected chi connectivity index (χ4v) is 4.94. The van der Waals surface area contributed by atoms with Crippen molar-refractivity contribution >= 4 is 23.6 Å². The first-order chi connectivity index (χ1) is 17.9. The molecule has 11 heteroatoms. The smallest absolute Gasteiger partial charge is 0.259 e. The van der Waals surface area contributed by atoms with Gasteiger partial charge in [-0.05, 0) is 30.4 Å². The number of nitrogens with two attached hydrogens (primary N) is 1. The summed E-state index contributed by atoms with van der Waals surface area (Å²) in [5, 5.41) is 15.7. The van der Waals surface area contributed by atoms with E-state index in [1.54, 1.807) is 30.6 Å². The highest BCUT2D eigenvalue weighted by molar-refractivity contribution is 6.09. The highest BCUT2D eigenvalue weighted by Gasteiger charge is 2.43. The van der Waals surface area contributed by atoms with Crippen molar-refractivity contribution in [2.75, 3.05) is 25.9 Å². The Morgan fingerprint density at radius 3 is 2.51 bits per heavy atom. The second kappa shape index (κ2) is 10.1. The van der Waals surface area contributed by atoms with Crippen molar-refractivity contribution in [2.24, 2.45) is 0 Å². The van der Waals surface area contributed by atoms with Crippen molar-refractivity contribution in [3.8, 4) is 11.1 Å². The molecule has 1 aromatic carbocycles. The van der Waals surface area contributed by atoms with Crippen LogP contribution in [0.4, 0.5) is 5.95 Å². The van der Waals surface area contributed by atoms with Crippen molar-refractivity contribution in [2.45, 2.75) is 43.7 Å². The molecule has 3 aromatic rings. The lowest BCUT2D eigenvalue weighted by Crippen LogP contribution is -2.50. The number of ether oxygens (including phenoxy) is 1. The SMILES string of the molecule is CO[C@H]1CCN(C(=O)Cn2cc(C(=O)NC(=N)C3(c4ccc(-c5cnc(N)nc5)cc4)CCC3)cn2)C1. The van der Waals surface area contributed by atoms with Crippen LogP contribution in [-0.2, 0) is 21.5 Å².